The summed E-state index contributed by atoms with van der Waals surface area (Å²) < 4.78 is 36.4. The number of alkyl halides is 3. The maximum Gasteiger partial charge on any atom is 0.371 e. The number of rotatable bonds is 0. The predicted molar refractivity (Wildman–Crippen MR) is 39.2 cm³/mol. The number of benzene rings is 1. The van der Waals surface area contributed by atoms with Crippen LogP contribution in [-0.4, -0.2) is 10.2 Å². The molecule has 1 aromatic carbocycles. The SMILES string of the molecule is [CH2-]c1c(O)cc(O)cc1C(F)(F)F.[Re]. The standard InChI is InChI=1S/C8H6F3O2.Re/c1-4-6(8(9,10)11)2-5(12)3-7(4)13;/h2-3,12-13H,1H2;/q-1;. The molecule has 0 bridgehead atoms. The van der Waals surface area contributed by atoms with Gasteiger partial charge in [-0.1, -0.05) is 6.07 Å². The molecule has 0 spiro atoms. The number of phenols is 2. The first-order chi connectivity index (χ1) is 5.82. The molecule has 14 heavy (non-hydrogen) atoms. The minimum Gasteiger partial charge on any atom is -0.565 e. The van der Waals surface area contributed by atoms with Gasteiger partial charge in [0.1, 0.15) is 0 Å². The van der Waals surface area contributed by atoms with Crippen molar-refractivity contribution in [2.75, 3.05) is 0 Å². The fraction of sp³-hybridized carbons (Fsp3) is 0.125. The maximum absolute atomic E-state index is 12.1. The molecule has 6 heteroatoms. The van der Waals surface area contributed by atoms with E-state index in [1.54, 1.807) is 0 Å². The molecular formula is C8H6F3O2Re-. The van der Waals surface area contributed by atoms with Gasteiger partial charge < -0.3 is 10.2 Å². The van der Waals surface area contributed by atoms with E-state index >= 15 is 0 Å². The molecule has 0 aromatic heterocycles. The molecule has 0 saturated carbocycles. The molecule has 0 heterocycles. The topological polar surface area (TPSA) is 40.5 Å². The van der Waals surface area contributed by atoms with Crippen molar-refractivity contribution in [1.82, 2.24) is 0 Å². The van der Waals surface area contributed by atoms with Gasteiger partial charge in [-0.15, -0.1) is 5.56 Å². The van der Waals surface area contributed by atoms with Crippen molar-refractivity contribution in [3.05, 3.63) is 30.2 Å². The molecule has 0 aliphatic heterocycles. The third-order valence-corrected chi connectivity index (χ3v) is 1.52. The van der Waals surface area contributed by atoms with Crippen LogP contribution in [0.3, 0.4) is 0 Å². The van der Waals surface area contributed by atoms with Crippen LogP contribution >= 0.6 is 0 Å². The molecule has 0 saturated heterocycles. The summed E-state index contributed by atoms with van der Waals surface area (Å²) in [6, 6.07) is 1.32. The van der Waals surface area contributed by atoms with E-state index < -0.39 is 28.8 Å². The summed E-state index contributed by atoms with van der Waals surface area (Å²) >= 11 is 0. The quantitative estimate of drug-likeness (QED) is 0.682. The Morgan fingerprint density at radius 3 is 2.07 bits per heavy atom. The summed E-state index contributed by atoms with van der Waals surface area (Å²) in [5, 5.41) is 17.7. The van der Waals surface area contributed by atoms with Crippen LogP contribution in [0.2, 0.25) is 0 Å². The predicted octanol–water partition coefficient (Wildman–Crippen LogP) is 2.30. The van der Waals surface area contributed by atoms with Crippen LogP contribution < -0.4 is 0 Å². The van der Waals surface area contributed by atoms with Crippen molar-refractivity contribution >= 4 is 0 Å². The van der Waals surface area contributed by atoms with Gasteiger partial charge in [-0.3, -0.25) is 0 Å². The summed E-state index contributed by atoms with van der Waals surface area (Å²) in [5.41, 5.74) is -1.67. The van der Waals surface area contributed by atoms with Crippen molar-refractivity contribution in [2.45, 2.75) is 6.18 Å². The molecular weight excluding hydrogens is 371 g/mol. The number of hydrogen-bond acceptors (Lipinski definition) is 2. The van der Waals surface area contributed by atoms with E-state index in [9.17, 15) is 13.2 Å². The third kappa shape index (κ3) is 2.56. The van der Waals surface area contributed by atoms with Gasteiger partial charge in [0.2, 0.25) is 0 Å². The molecule has 1 radical (unpaired) electrons. The van der Waals surface area contributed by atoms with Crippen molar-refractivity contribution < 1.29 is 43.8 Å². The Bertz CT molecular complexity index is 336. The van der Waals surface area contributed by atoms with Crippen LogP contribution in [0.5, 0.6) is 11.5 Å². The van der Waals surface area contributed by atoms with Gasteiger partial charge >= 0.3 is 6.18 Å². The first-order valence-electron chi connectivity index (χ1n) is 3.27. The Kier molecular flexibility index (Phi) is 3.86. The monoisotopic (exact) mass is 378 g/mol. The van der Waals surface area contributed by atoms with E-state index in [1.165, 1.54) is 0 Å². The molecule has 0 fully saturated rings. The van der Waals surface area contributed by atoms with E-state index in [0.29, 0.717) is 6.07 Å². The summed E-state index contributed by atoms with van der Waals surface area (Å²) in [6.45, 7) is 3.05. The van der Waals surface area contributed by atoms with Crippen molar-refractivity contribution in [2.24, 2.45) is 0 Å². The summed E-state index contributed by atoms with van der Waals surface area (Å²) in [4.78, 5) is 0. The molecule has 1 aromatic rings. The zero-order valence-corrected chi connectivity index (χ0v) is 9.48. The average molecular weight is 377 g/mol. The van der Waals surface area contributed by atoms with Gasteiger partial charge in [0, 0.05) is 26.2 Å². The van der Waals surface area contributed by atoms with Crippen LogP contribution in [0, 0.1) is 6.92 Å². The van der Waals surface area contributed by atoms with Crippen LogP contribution in [0.1, 0.15) is 11.1 Å². The first kappa shape index (κ1) is 13.1. The molecule has 0 aliphatic carbocycles. The zero-order valence-electron chi connectivity index (χ0n) is 6.77. The largest absolute Gasteiger partial charge is 0.565 e. The van der Waals surface area contributed by atoms with Crippen molar-refractivity contribution in [3.8, 4) is 11.5 Å². The van der Waals surface area contributed by atoms with Gasteiger partial charge in [-0.25, -0.2) is 0 Å². The van der Waals surface area contributed by atoms with Crippen LogP contribution in [0.25, 0.3) is 0 Å². The van der Waals surface area contributed by atoms with Gasteiger partial charge in [0.25, 0.3) is 0 Å². The van der Waals surface area contributed by atoms with Crippen LogP contribution in [0.15, 0.2) is 12.1 Å². The fourth-order valence-electron chi connectivity index (χ4n) is 0.895. The number of hydrogen-bond donors (Lipinski definition) is 2. The molecule has 2 N–H and O–H groups in total. The van der Waals surface area contributed by atoms with Gasteiger partial charge in [0.05, 0.1) is 5.75 Å². The summed E-state index contributed by atoms with van der Waals surface area (Å²) in [5.74, 6) is -1.32. The van der Waals surface area contributed by atoms with E-state index in [4.69, 9.17) is 10.2 Å². The van der Waals surface area contributed by atoms with Gasteiger partial charge in [-0.2, -0.15) is 20.1 Å². The average Bonchev–Trinajstić information content (AvgIpc) is 1.94. The number of halogens is 3. The Hall–Kier alpha value is -0.858. The van der Waals surface area contributed by atoms with Crippen molar-refractivity contribution in [3.63, 3.8) is 0 Å². The Labute approximate surface area is 92.0 Å². The summed E-state index contributed by atoms with van der Waals surface area (Å²) in [6.07, 6.45) is -4.62. The Morgan fingerprint density at radius 2 is 1.64 bits per heavy atom. The van der Waals surface area contributed by atoms with E-state index in [0.717, 1.165) is 6.07 Å². The van der Waals surface area contributed by atoms with Crippen LogP contribution in [-0.2, 0) is 26.6 Å². The molecule has 0 atom stereocenters. The Balaban J connectivity index is 0.00000169. The minimum atomic E-state index is -4.62. The first-order valence-corrected chi connectivity index (χ1v) is 3.27. The normalized spacial score (nSPS) is 10.8. The summed E-state index contributed by atoms with van der Waals surface area (Å²) in [7, 11) is 0. The molecule has 0 aliphatic rings. The fourth-order valence-corrected chi connectivity index (χ4v) is 0.895. The third-order valence-electron chi connectivity index (χ3n) is 1.52. The second-order valence-corrected chi connectivity index (χ2v) is 2.49. The van der Waals surface area contributed by atoms with E-state index in [2.05, 4.69) is 6.92 Å². The molecule has 79 valence electrons. The second-order valence-electron chi connectivity index (χ2n) is 2.49. The van der Waals surface area contributed by atoms with E-state index in [-0.39, 0.29) is 20.4 Å². The number of phenolic OH excluding ortho intramolecular Hbond substituents is 2. The van der Waals surface area contributed by atoms with Gasteiger partial charge in [0.15, 0.2) is 0 Å². The van der Waals surface area contributed by atoms with E-state index in [1.807, 2.05) is 0 Å². The molecule has 0 unspecified atom stereocenters. The zero-order chi connectivity index (χ0) is 10.2. The van der Waals surface area contributed by atoms with Gasteiger partial charge in [-0.05, 0) is 11.6 Å². The molecule has 0 amide bonds. The van der Waals surface area contributed by atoms with Crippen LogP contribution in [0.4, 0.5) is 13.2 Å². The smallest absolute Gasteiger partial charge is 0.371 e. The van der Waals surface area contributed by atoms with Crippen molar-refractivity contribution in [1.29, 1.82) is 0 Å². The number of aromatic hydroxyl groups is 2. The Morgan fingerprint density at radius 1 is 1.14 bits per heavy atom. The maximum atomic E-state index is 12.1. The second kappa shape index (κ2) is 4.11. The molecule has 1 rings (SSSR count). The molecule has 2 nitrogen and oxygen atoms in total. The minimum absolute atomic E-state index is 0.